The molecule has 0 unspecified atom stereocenters. The number of fused-ring (bicyclic) bond motifs is 1. The minimum Gasteiger partial charge on any atom is -0.376 e. The van der Waals surface area contributed by atoms with Crippen LogP contribution in [0.4, 0.5) is 17.5 Å². The standard InChI is InChI=1S/C21H26N4O2/c1-21(2)11-16-18(17(26)12-21)19(23-14-7-4-3-5-8-14)25-20(24-16)22-13-15-9-6-10-27-15/h3-5,7-8,15H,6,9-13H2,1-2H3,(H2,22,23,24,25)/t15-/m1/s1. The summed E-state index contributed by atoms with van der Waals surface area (Å²) in [6.45, 7) is 5.72. The molecule has 2 N–H and O–H groups in total. The number of hydrogen-bond donors (Lipinski definition) is 2. The van der Waals surface area contributed by atoms with Crippen molar-refractivity contribution in [3.8, 4) is 0 Å². The zero-order chi connectivity index (χ0) is 18.9. The number of ether oxygens (including phenoxy) is 1. The molecule has 1 fully saturated rings. The largest absolute Gasteiger partial charge is 0.376 e. The Kier molecular flexibility index (Phi) is 4.83. The van der Waals surface area contributed by atoms with Crippen LogP contribution in [0.1, 0.15) is 49.2 Å². The average molecular weight is 366 g/mol. The molecule has 2 aliphatic rings. The van der Waals surface area contributed by atoms with Crippen LogP contribution in [0.5, 0.6) is 0 Å². The van der Waals surface area contributed by atoms with E-state index < -0.39 is 0 Å². The van der Waals surface area contributed by atoms with Gasteiger partial charge in [-0.25, -0.2) is 4.98 Å². The summed E-state index contributed by atoms with van der Waals surface area (Å²) >= 11 is 0. The molecule has 0 spiro atoms. The smallest absolute Gasteiger partial charge is 0.225 e. The highest BCUT2D eigenvalue weighted by Gasteiger charge is 2.35. The SMILES string of the molecule is CC1(C)CC(=O)c2c(nc(NC[C@H]3CCCO3)nc2Nc2ccccc2)C1. The summed E-state index contributed by atoms with van der Waals surface area (Å²) < 4.78 is 5.68. The Hall–Kier alpha value is -2.47. The van der Waals surface area contributed by atoms with Crippen LogP contribution in [-0.2, 0) is 11.2 Å². The van der Waals surface area contributed by atoms with Crippen LogP contribution in [0.2, 0.25) is 0 Å². The van der Waals surface area contributed by atoms with E-state index in [1.807, 2.05) is 30.3 Å². The maximum atomic E-state index is 12.8. The number of aromatic nitrogens is 2. The highest BCUT2D eigenvalue weighted by molar-refractivity contribution is 6.03. The van der Waals surface area contributed by atoms with Crippen LogP contribution in [0, 0.1) is 5.41 Å². The van der Waals surface area contributed by atoms with Gasteiger partial charge in [0.05, 0.1) is 17.4 Å². The van der Waals surface area contributed by atoms with Crippen molar-refractivity contribution in [2.24, 2.45) is 5.41 Å². The third-order valence-corrected chi connectivity index (χ3v) is 5.10. The first-order valence-corrected chi connectivity index (χ1v) is 9.62. The molecule has 1 saturated heterocycles. The zero-order valence-corrected chi connectivity index (χ0v) is 15.9. The third-order valence-electron chi connectivity index (χ3n) is 5.10. The van der Waals surface area contributed by atoms with Gasteiger partial charge >= 0.3 is 0 Å². The molecule has 0 radical (unpaired) electrons. The number of anilines is 3. The summed E-state index contributed by atoms with van der Waals surface area (Å²) in [6.07, 6.45) is 3.62. The summed E-state index contributed by atoms with van der Waals surface area (Å²) in [4.78, 5) is 22.1. The van der Waals surface area contributed by atoms with Gasteiger partial charge in [-0.05, 0) is 36.8 Å². The number of ketones is 1. The van der Waals surface area contributed by atoms with Gasteiger partial charge in [-0.2, -0.15) is 4.98 Å². The molecule has 0 amide bonds. The second-order valence-electron chi connectivity index (χ2n) is 8.17. The summed E-state index contributed by atoms with van der Waals surface area (Å²) in [5.74, 6) is 1.24. The molecule has 6 nitrogen and oxygen atoms in total. The van der Waals surface area contributed by atoms with Crippen molar-refractivity contribution in [1.82, 2.24) is 9.97 Å². The monoisotopic (exact) mass is 366 g/mol. The van der Waals surface area contributed by atoms with Crippen LogP contribution in [0.15, 0.2) is 30.3 Å². The first-order valence-electron chi connectivity index (χ1n) is 9.62. The van der Waals surface area contributed by atoms with Gasteiger partial charge in [-0.1, -0.05) is 32.0 Å². The lowest BCUT2D eigenvalue weighted by Gasteiger charge is -2.30. The number of carbonyl (C=O) groups is 1. The van der Waals surface area contributed by atoms with E-state index in [-0.39, 0.29) is 17.3 Å². The van der Waals surface area contributed by atoms with Gasteiger partial charge in [0.25, 0.3) is 0 Å². The van der Waals surface area contributed by atoms with E-state index in [9.17, 15) is 4.79 Å². The predicted molar refractivity (Wildman–Crippen MR) is 106 cm³/mol. The van der Waals surface area contributed by atoms with E-state index >= 15 is 0 Å². The van der Waals surface area contributed by atoms with E-state index in [2.05, 4.69) is 34.4 Å². The second-order valence-corrected chi connectivity index (χ2v) is 8.17. The fourth-order valence-corrected chi connectivity index (χ4v) is 3.81. The van der Waals surface area contributed by atoms with Crippen molar-refractivity contribution in [1.29, 1.82) is 0 Å². The van der Waals surface area contributed by atoms with Crippen LogP contribution >= 0.6 is 0 Å². The Labute approximate surface area is 159 Å². The maximum Gasteiger partial charge on any atom is 0.225 e. The highest BCUT2D eigenvalue weighted by Crippen LogP contribution is 2.37. The third kappa shape index (κ3) is 4.11. The zero-order valence-electron chi connectivity index (χ0n) is 15.9. The van der Waals surface area contributed by atoms with Gasteiger partial charge in [-0.15, -0.1) is 0 Å². The molecule has 1 aromatic heterocycles. The molecule has 4 rings (SSSR count). The average Bonchev–Trinajstić information content (AvgIpc) is 3.12. The Morgan fingerprint density at radius 2 is 2.00 bits per heavy atom. The molecule has 0 bridgehead atoms. The van der Waals surface area contributed by atoms with Crippen molar-refractivity contribution in [2.75, 3.05) is 23.8 Å². The maximum absolute atomic E-state index is 12.8. The molecule has 2 aromatic rings. The Morgan fingerprint density at radius 3 is 2.74 bits per heavy atom. The van der Waals surface area contributed by atoms with E-state index in [0.29, 0.717) is 30.3 Å². The summed E-state index contributed by atoms with van der Waals surface area (Å²) in [7, 11) is 0. The normalized spacial score (nSPS) is 21.0. The molecular formula is C21H26N4O2. The minimum absolute atomic E-state index is 0.0890. The van der Waals surface area contributed by atoms with Crippen LogP contribution in [0.3, 0.4) is 0 Å². The fraction of sp³-hybridized carbons (Fsp3) is 0.476. The number of carbonyl (C=O) groups excluding carboxylic acids is 1. The Balaban J connectivity index is 1.66. The van der Waals surface area contributed by atoms with Gasteiger partial charge in [0.15, 0.2) is 5.78 Å². The Morgan fingerprint density at radius 1 is 1.19 bits per heavy atom. The summed E-state index contributed by atoms with van der Waals surface area (Å²) in [5, 5.41) is 6.62. The second kappa shape index (κ2) is 7.27. The molecule has 1 atom stereocenters. The van der Waals surface area contributed by atoms with Crippen LogP contribution in [0.25, 0.3) is 0 Å². The molecule has 2 heterocycles. The molecule has 6 heteroatoms. The molecular weight excluding hydrogens is 340 g/mol. The van der Waals surface area contributed by atoms with Gasteiger partial charge in [0.2, 0.25) is 5.95 Å². The van der Waals surface area contributed by atoms with Crippen molar-refractivity contribution in [3.05, 3.63) is 41.6 Å². The number of para-hydroxylation sites is 1. The number of nitrogens with zero attached hydrogens (tertiary/aromatic N) is 2. The van der Waals surface area contributed by atoms with E-state index in [1.54, 1.807) is 0 Å². The lowest BCUT2D eigenvalue weighted by atomic mass is 9.75. The van der Waals surface area contributed by atoms with Crippen LogP contribution < -0.4 is 10.6 Å². The number of benzene rings is 1. The first kappa shape index (κ1) is 17.9. The lowest BCUT2D eigenvalue weighted by Crippen LogP contribution is -2.30. The van der Waals surface area contributed by atoms with Gasteiger partial charge < -0.3 is 15.4 Å². The molecule has 1 aliphatic carbocycles. The predicted octanol–water partition coefficient (Wildman–Crippen LogP) is 3.97. The minimum atomic E-state index is -0.0890. The molecule has 1 aliphatic heterocycles. The molecule has 0 saturated carbocycles. The molecule has 142 valence electrons. The van der Waals surface area contributed by atoms with Crippen molar-refractivity contribution in [2.45, 2.75) is 45.6 Å². The summed E-state index contributed by atoms with van der Waals surface area (Å²) in [5.41, 5.74) is 2.26. The van der Waals surface area contributed by atoms with Gasteiger partial charge in [0, 0.05) is 25.3 Å². The number of nitrogens with one attached hydrogen (secondary N) is 2. The van der Waals surface area contributed by atoms with Crippen molar-refractivity contribution >= 4 is 23.2 Å². The van der Waals surface area contributed by atoms with Crippen molar-refractivity contribution in [3.63, 3.8) is 0 Å². The molecule has 1 aromatic carbocycles. The fourth-order valence-electron chi connectivity index (χ4n) is 3.81. The summed E-state index contributed by atoms with van der Waals surface area (Å²) in [6, 6.07) is 9.80. The topological polar surface area (TPSA) is 76.1 Å². The lowest BCUT2D eigenvalue weighted by molar-refractivity contribution is 0.0911. The quantitative estimate of drug-likeness (QED) is 0.834. The number of hydrogen-bond acceptors (Lipinski definition) is 6. The first-order chi connectivity index (χ1) is 13.0. The van der Waals surface area contributed by atoms with E-state index in [4.69, 9.17) is 4.74 Å². The van der Waals surface area contributed by atoms with Crippen molar-refractivity contribution < 1.29 is 9.53 Å². The number of Topliss-reactive ketones (excluding diaryl/α,β-unsaturated/α-hetero) is 1. The number of rotatable bonds is 5. The van der Waals surface area contributed by atoms with Gasteiger partial charge in [0.1, 0.15) is 5.82 Å². The van der Waals surface area contributed by atoms with Gasteiger partial charge in [-0.3, -0.25) is 4.79 Å². The Bertz CT molecular complexity index is 830. The van der Waals surface area contributed by atoms with Crippen LogP contribution in [-0.4, -0.2) is 35.0 Å². The molecule has 27 heavy (non-hydrogen) atoms. The highest BCUT2D eigenvalue weighted by atomic mass is 16.5. The van der Waals surface area contributed by atoms with E-state index in [0.717, 1.165) is 37.3 Å². The van der Waals surface area contributed by atoms with E-state index in [1.165, 1.54) is 0 Å².